The number of nitrogens with zero attached hydrogens (tertiary/aromatic N) is 3. The molecule has 0 aliphatic heterocycles. The highest BCUT2D eigenvalue weighted by Gasteiger charge is 2.15. The van der Waals surface area contributed by atoms with Gasteiger partial charge in [0, 0.05) is 18.1 Å². The molecule has 7 heteroatoms. The zero-order valence-electron chi connectivity index (χ0n) is 7.54. The summed E-state index contributed by atoms with van der Waals surface area (Å²) in [6.45, 7) is 0. The number of carbonyl (C=O) groups is 1. The van der Waals surface area contributed by atoms with Crippen molar-refractivity contribution in [1.82, 2.24) is 15.3 Å². The van der Waals surface area contributed by atoms with Crippen LogP contribution in [0.15, 0.2) is 29.2 Å². The van der Waals surface area contributed by atoms with Gasteiger partial charge in [0.15, 0.2) is 0 Å². The van der Waals surface area contributed by atoms with E-state index in [1.54, 1.807) is 24.5 Å². The summed E-state index contributed by atoms with van der Waals surface area (Å²) in [4.78, 5) is 15.3. The second-order valence-electron chi connectivity index (χ2n) is 2.69. The lowest BCUT2D eigenvalue weighted by Crippen LogP contribution is -2.14. The minimum Gasteiger partial charge on any atom is -0.379 e. The van der Waals surface area contributed by atoms with E-state index in [0.717, 1.165) is 0 Å². The summed E-state index contributed by atoms with van der Waals surface area (Å²) in [6.07, 6.45) is 3.11. The van der Waals surface area contributed by atoms with E-state index in [1.807, 2.05) is 0 Å². The van der Waals surface area contributed by atoms with Crippen molar-refractivity contribution in [3.05, 3.63) is 30.2 Å². The molecule has 15 heavy (non-hydrogen) atoms. The Morgan fingerprint density at radius 1 is 1.33 bits per heavy atom. The number of amides is 1. The Morgan fingerprint density at radius 3 is 2.67 bits per heavy atom. The van der Waals surface area contributed by atoms with Crippen LogP contribution in [0.2, 0.25) is 0 Å². The van der Waals surface area contributed by atoms with E-state index < -0.39 is 5.91 Å². The van der Waals surface area contributed by atoms with Gasteiger partial charge in [-0.15, -0.1) is 0 Å². The second kappa shape index (κ2) is 3.74. The van der Waals surface area contributed by atoms with Crippen LogP contribution >= 0.6 is 0 Å². The Balaban J connectivity index is 2.15. The molecule has 0 saturated carbocycles. The standard InChI is InChI=1S/C8H7N5O2/c9-7-6(12-15-13-7)8(14)11-5-1-3-10-4-2-5/h1-4H,(H2,9,13)(H,10,11,14). The molecule has 2 aromatic rings. The molecule has 0 bridgehead atoms. The number of nitrogens with one attached hydrogen (secondary N) is 1. The summed E-state index contributed by atoms with van der Waals surface area (Å²) >= 11 is 0. The Bertz CT molecular complexity index is 467. The molecule has 0 radical (unpaired) electrons. The minimum atomic E-state index is -0.472. The van der Waals surface area contributed by atoms with E-state index in [4.69, 9.17) is 5.73 Å². The fourth-order valence-electron chi connectivity index (χ4n) is 0.979. The van der Waals surface area contributed by atoms with Crippen LogP contribution in [-0.2, 0) is 0 Å². The molecular formula is C8H7N5O2. The van der Waals surface area contributed by atoms with E-state index in [2.05, 4.69) is 25.2 Å². The summed E-state index contributed by atoms with van der Waals surface area (Å²) in [5.74, 6) is -0.512. The van der Waals surface area contributed by atoms with Gasteiger partial charge in [0.05, 0.1) is 0 Å². The average molecular weight is 205 g/mol. The van der Waals surface area contributed by atoms with Crippen molar-refractivity contribution in [3.8, 4) is 0 Å². The fraction of sp³-hybridized carbons (Fsp3) is 0. The third-order valence-electron chi connectivity index (χ3n) is 1.67. The maximum Gasteiger partial charge on any atom is 0.281 e. The van der Waals surface area contributed by atoms with Crippen molar-refractivity contribution in [2.45, 2.75) is 0 Å². The first kappa shape index (κ1) is 9.13. The molecule has 0 saturated heterocycles. The first-order valence-corrected chi connectivity index (χ1v) is 4.07. The fourth-order valence-corrected chi connectivity index (χ4v) is 0.979. The summed E-state index contributed by atoms with van der Waals surface area (Å²) in [6, 6.07) is 3.28. The zero-order chi connectivity index (χ0) is 10.7. The average Bonchev–Trinajstić information content (AvgIpc) is 2.66. The zero-order valence-corrected chi connectivity index (χ0v) is 7.54. The molecule has 0 aromatic carbocycles. The molecule has 2 heterocycles. The molecule has 0 aliphatic rings. The molecule has 1 amide bonds. The van der Waals surface area contributed by atoms with Gasteiger partial charge < -0.3 is 11.1 Å². The summed E-state index contributed by atoms with van der Waals surface area (Å²) in [5, 5.41) is 9.23. The summed E-state index contributed by atoms with van der Waals surface area (Å²) in [7, 11) is 0. The molecule has 2 rings (SSSR count). The van der Waals surface area contributed by atoms with Crippen molar-refractivity contribution in [1.29, 1.82) is 0 Å². The second-order valence-corrected chi connectivity index (χ2v) is 2.69. The highest BCUT2D eigenvalue weighted by molar-refractivity contribution is 6.05. The van der Waals surface area contributed by atoms with Gasteiger partial charge in [0.1, 0.15) is 0 Å². The van der Waals surface area contributed by atoms with Crippen molar-refractivity contribution in [3.63, 3.8) is 0 Å². The van der Waals surface area contributed by atoms with Gasteiger partial charge in [-0.1, -0.05) is 0 Å². The van der Waals surface area contributed by atoms with Gasteiger partial charge in [-0.3, -0.25) is 9.78 Å². The number of nitrogen functional groups attached to an aromatic ring is 1. The summed E-state index contributed by atoms with van der Waals surface area (Å²) in [5.41, 5.74) is 5.91. The Hall–Kier alpha value is -2.44. The number of anilines is 2. The van der Waals surface area contributed by atoms with Crippen LogP contribution in [0, 0.1) is 0 Å². The first-order chi connectivity index (χ1) is 7.27. The number of rotatable bonds is 2. The lowest BCUT2D eigenvalue weighted by Gasteiger charge is -2.00. The topological polar surface area (TPSA) is 107 Å². The quantitative estimate of drug-likeness (QED) is 0.730. The minimum absolute atomic E-state index is 0.0354. The van der Waals surface area contributed by atoms with Gasteiger partial charge in [-0.05, 0) is 22.4 Å². The van der Waals surface area contributed by atoms with Gasteiger partial charge >= 0.3 is 0 Å². The van der Waals surface area contributed by atoms with Crippen LogP contribution in [0.4, 0.5) is 11.5 Å². The lowest BCUT2D eigenvalue weighted by molar-refractivity contribution is 0.101. The van der Waals surface area contributed by atoms with E-state index in [0.29, 0.717) is 5.69 Å². The molecule has 3 N–H and O–H groups in total. The molecular weight excluding hydrogens is 198 g/mol. The van der Waals surface area contributed by atoms with Crippen molar-refractivity contribution in [2.24, 2.45) is 0 Å². The maximum atomic E-state index is 11.5. The van der Waals surface area contributed by atoms with Crippen LogP contribution in [0.3, 0.4) is 0 Å². The number of hydrogen-bond donors (Lipinski definition) is 2. The predicted molar refractivity (Wildman–Crippen MR) is 50.9 cm³/mol. The highest BCUT2D eigenvalue weighted by atomic mass is 16.6. The maximum absolute atomic E-state index is 11.5. The van der Waals surface area contributed by atoms with E-state index in [-0.39, 0.29) is 11.5 Å². The van der Waals surface area contributed by atoms with Crippen LogP contribution in [0.25, 0.3) is 0 Å². The molecule has 7 nitrogen and oxygen atoms in total. The number of pyridine rings is 1. The van der Waals surface area contributed by atoms with Crippen molar-refractivity contribution < 1.29 is 9.42 Å². The number of carbonyl (C=O) groups excluding carboxylic acids is 1. The molecule has 0 aliphatic carbocycles. The largest absolute Gasteiger partial charge is 0.379 e. The summed E-state index contributed by atoms with van der Waals surface area (Å²) < 4.78 is 4.31. The van der Waals surface area contributed by atoms with Crippen LogP contribution < -0.4 is 11.1 Å². The number of aromatic nitrogens is 3. The number of nitrogens with two attached hydrogens (primary N) is 1. The monoisotopic (exact) mass is 205 g/mol. The predicted octanol–water partition coefficient (Wildman–Crippen LogP) is 0.299. The van der Waals surface area contributed by atoms with E-state index >= 15 is 0 Å². The first-order valence-electron chi connectivity index (χ1n) is 4.07. The SMILES string of the molecule is Nc1nonc1C(=O)Nc1ccncc1. The molecule has 76 valence electrons. The lowest BCUT2D eigenvalue weighted by atomic mass is 10.3. The molecule has 0 unspecified atom stereocenters. The van der Waals surface area contributed by atoms with Crippen molar-refractivity contribution in [2.75, 3.05) is 11.1 Å². The molecule has 0 atom stereocenters. The van der Waals surface area contributed by atoms with Crippen LogP contribution in [-0.4, -0.2) is 21.2 Å². The van der Waals surface area contributed by atoms with Gasteiger partial charge in [0.25, 0.3) is 5.91 Å². The smallest absolute Gasteiger partial charge is 0.281 e. The normalized spacial score (nSPS) is 9.87. The number of hydrogen-bond acceptors (Lipinski definition) is 6. The van der Waals surface area contributed by atoms with Gasteiger partial charge in [-0.2, -0.15) is 0 Å². The van der Waals surface area contributed by atoms with Crippen LogP contribution in [0.1, 0.15) is 10.5 Å². The molecule has 0 spiro atoms. The Labute approximate surface area is 84.3 Å². The molecule has 2 aromatic heterocycles. The third kappa shape index (κ3) is 1.90. The van der Waals surface area contributed by atoms with Crippen LogP contribution in [0.5, 0.6) is 0 Å². The highest BCUT2D eigenvalue weighted by Crippen LogP contribution is 2.09. The third-order valence-corrected chi connectivity index (χ3v) is 1.67. The Morgan fingerprint density at radius 2 is 2.07 bits per heavy atom. The van der Waals surface area contributed by atoms with Gasteiger partial charge in [0.2, 0.25) is 11.5 Å². The van der Waals surface area contributed by atoms with Crippen molar-refractivity contribution >= 4 is 17.4 Å². The van der Waals surface area contributed by atoms with E-state index in [9.17, 15) is 4.79 Å². The van der Waals surface area contributed by atoms with Gasteiger partial charge in [-0.25, -0.2) is 4.63 Å². The Kier molecular flexibility index (Phi) is 2.28. The van der Waals surface area contributed by atoms with E-state index in [1.165, 1.54) is 0 Å². The molecule has 0 fully saturated rings.